The van der Waals surface area contributed by atoms with Crippen LogP contribution >= 0.6 is 11.8 Å². The van der Waals surface area contributed by atoms with E-state index in [1.165, 1.54) is 32.1 Å². The minimum atomic E-state index is 0.937. The molecule has 16 heavy (non-hydrogen) atoms. The maximum absolute atomic E-state index is 2.34. The van der Waals surface area contributed by atoms with Gasteiger partial charge < -0.3 is 0 Å². The van der Waals surface area contributed by atoms with E-state index in [9.17, 15) is 0 Å². The van der Waals surface area contributed by atoms with Crippen LogP contribution in [-0.4, -0.2) is 11.5 Å². The van der Waals surface area contributed by atoms with Gasteiger partial charge in [0.05, 0.1) is 0 Å². The van der Waals surface area contributed by atoms with E-state index >= 15 is 0 Å². The predicted molar refractivity (Wildman–Crippen MR) is 72.0 cm³/mol. The molecule has 0 spiro atoms. The molecule has 1 aromatic rings. The fourth-order valence-corrected chi connectivity index (χ4v) is 4.35. The van der Waals surface area contributed by atoms with Crippen molar-refractivity contribution in [1.29, 1.82) is 0 Å². The van der Waals surface area contributed by atoms with E-state index in [0.29, 0.717) is 0 Å². The molecule has 3 atom stereocenters. The van der Waals surface area contributed by atoms with Crippen molar-refractivity contribution in [2.24, 2.45) is 11.8 Å². The predicted octanol–water partition coefficient (Wildman–Crippen LogP) is 3.93. The highest BCUT2D eigenvalue weighted by atomic mass is 32.2. The lowest BCUT2D eigenvalue weighted by molar-refractivity contribution is 0.226. The number of fused-ring (bicyclic) bond motifs is 2. The Morgan fingerprint density at radius 1 is 1.00 bits per heavy atom. The number of thioether (sulfide) groups is 1. The van der Waals surface area contributed by atoms with Crippen LogP contribution in [0.15, 0.2) is 24.3 Å². The van der Waals surface area contributed by atoms with Crippen LogP contribution in [0.4, 0.5) is 0 Å². The van der Waals surface area contributed by atoms with E-state index in [2.05, 4.69) is 42.3 Å². The van der Waals surface area contributed by atoms with Crippen LogP contribution in [0.25, 0.3) is 0 Å². The van der Waals surface area contributed by atoms with Crippen molar-refractivity contribution in [1.82, 2.24) is 0 Å². The zero-order valence-corrected chi connectivity index (χ0v) is 10.8. The quantitative estimate of drug-likeness (QED) is 0.707. The summed E-state index contributed by atoms with van der Waals surface area (Å²) in [6, 6.07) is 9.08. The average Bonchev–Trinajstić information content (AvgIpc) is 2.35. The molecule has 0 N–H and O–H groups in total. The molecule has 0 aliphatic heterocycles. The summed E-state index contributed by atoms with van der Waals surface area (Å²) in [4.78, 5) is 0. The Morgan fingerprint density at radius 2 is 1.69 bits per heavy atom. The average molecular weight is 232 g/mol. The molecule has 3 unspecified atom stereocenters. The van der Waals surface area contributed by atoms with Gasteiger partial charge in [-0.3, -0.25) is 0 Å². The minimum Gasteiger partial charge on any atom is -0.162 e. The van der Waals surface area contributed by atoms with E-state index in [-0.39, 0.29) is 0 Å². The Bertz CT molecular complexity index is 371. The van der Waals surface area contributed by atoms with E-state index in [1.807, 2.05) is 0 Å². The summed E-state index contributed by atoms with van der Waals surface area (Å²) >= 11 is 2.08. The molecule has 0 heterocycles. The normalized spacial score (nSPS) is 32.9. The van der Waals surface area contributed by atoms with Crippen molar-refractivity contribution in [3.05, 3.63) is 35.4 Å². The first-order valence-electron chi connectivity index (χ1n) is 6.46. The molecule has 2 aliphatic carbocycles. The third-order valence-corrected chi connectivity index (χ3v) is 5.60. The molecule has 1 aromatic carbocycles. The highest BCUT2D eigenvalue weighted by Gasteiger charge is 2.33. The Kier molecular flexibility index (Phi) is 2.97. The van der Waals surface area contributed by atoms with Crippen molar-refractivity contribution in [2.75, 3.05) is 6.26 Å². The lowest BCUT2D eigenvalue weighted by Gasteiger charge is -2.39. The van der Waals surface area contributed by atoms with Gasteiger partial charge in [0.15, 0.2) is 0 Å². The Hall–Kier alpha value is -0.430. The van der Waals surface area contributed by atoms with Gasteiger partial charge in [-0.05, 0) is 61.3 Å². The molecule has 86 valence electrons. The smallest absolute Gasteiger partial charge is 0.00472 e. The summed E-state index contributed by atoms with van der Waals surface area (Å²) in [5, 5.41) is 0.937. The van der Waals surface area contributed by atoms with Gasteiger partial charge in [-0.1, -0.05) is 24.3 Å². The monoisotopic (exact) mass is 232 g/mol. The molecule has 0 amide bonds. The molecule has 0 aromatic heterocycles. The van der Waals surface area contributed by atoms with Crippen molar-refractivity contribution in [2.45, 2.75) is 37.4 Å². The first-order chi connectivity index (χ1) is 7.86. The summed E-state index contributed by atoms with van der Waals surface area (Å²) in [6.45, 7) is 0. The van der Waals surface area contributed by atoms with Crippen molar-refractivity contribution < 1.29 is 0 Å². The highest BCUT2D eigenvalue weighted by molar-refractivity contribution is 7.99. The SMILES string of the molecule is CSC1CCC2Cc3ccccc3CC2C1. The number of benzene rings is 1. The summed E-state index contributed by atoms with van der Waals surface area (Å²) in [7, 11) is 0. The first-order valence-corrected chi connectivity index (χ1v) is 7.75. The largest absolute Gasteiger partial charge is 0.162 e. The Labute approximate surface area is 103 Å². The third kappa shape index (κ3) is 1.90. The molecule has 0 radical (unpaired) electrons. The third-order valence-electron chi connectivity index (χ3n) is 4.51. The second kappa shape index (κ2) is 4.44. The van der Waals surface area contributed by atoms with Gasteiger partial charge in [-0.2, -0.15) is 11.8 Å². The summed E-state index contributed by atoms with van der Waals surface area (Å²) in [5.74, 6) is 1.96. The van der Waals surface area contributed by atoms with Gasteiger partial charge in [0.1, 0.15) is 0 Å². The van der Waals surface area contributed by atoms with E-state index in [1.54, 1.807) is 11.1 Å². The molecule has 0 bridgehead atoms. The van der Waals surface area contributed by atoms with Gasteiger partial charge in [-0.25, -0.2) is 0 Å². The van der Waals surface area contributed by atoms with Crippen LogP contribution in [0.2, 0.25) is 0 Å². The van der Waals surface area contributed by atoms with Gasteiger partial charge >= 0.3 is 0 Å². The van der Waals surface area contributed by atoms with E-state index < -0.39 is 0 Å². The zero-order valence-electron chi connectivity index (χ0n) is 9.99. The standard InChI is InChI=1S/C15H20S/c1-16-15-7-6-13-8-11-4-2-3-5-12(11)9-14(13)10-15/h2-5,13-15H,6-10H2,1H3. The second-order valence-corrected chi connectivity index (χ2v) is 6.51. The van der Waals surface area contributed by atoms with Crippen LogP contribution in [0, 0.1) is 11.8 Å². The van der Waals surface area contributed by atoms with Gasteiger partial charge in [0.2, 0.25) is 0 Å². The van der Waals surface area contributed by atoms with Crippen LogP contribution < -0.4 is 0 Å². The van der Waals surface area contributed by atoms with Crippen LogP contribution in [-0.2, 0) is 12.8 Å². The topological polar surface area (TPSA) is 0 Å². The number of hydrogen-bond acceptors (Lipinski definition) is 1. The molecule has 1 fully saturated rings. The molecule has 2 aliphatic rings. The molecule has 0 saturated heterocycles. The molecular weight excluding hydrogens is 212 g/mol. The highest BCUT2D eigenvalue weighted by Crippen LogP contribution is 2.42. The number of rotatable bonds is 1. The fourth-order valence-electron chi connectivity index (χ4n) is 3.54. The van der Waals surface area contributed by atoms with Crippen LogP contribution in [0.3, 0.4) is 0 Å². The molecule has 3 rings (SSSR count). The van der Waals surface area contributed by atoms with Crippen LogP contribution in [0.1, 0.15) is 30.4 Å². The zero-order chi connectivity index (χ0) is 11.0. The summed E-state index contributed by atoms with van der Waals surface area (Å²) < 4.78 is 0. The first kappa shape index (κ1) is 10.7. The van der Waals surface area contributed by atoms with Crippen molar-refractivity contribution >= 4 is 11.8 Å². The minimum absolute atomic E-state index is 0.937. The maximum atomic E-state index is 2.34. The molecular formula is C15H20S. The van der Waals surface area contributed by atoms with Crippen LogP contribution in [0.5, 0.6) is 0 Å². The maximum Gasteiger partial charge on any atom is 0.00472 e. The van der Waals surface area contributed by atoms with Gasteiger partial charge in [0, 0.05) is 5.25 Å². The molecule has 1 heteroatoms. The summed E-state index contributed by atoms with van der Waals surface area (Å²) in [6.07, 6.45) is 9.34. The van der Waals surface area contributed by atoms with E-state index in [0.717, 1.165) is 17.1 Å². The second-order valence-electron chi connectivity index (χ2n) is 5.37. The molecule has 1 saturated carbocycles. The lowest BCUT2D eigenvalue weighted by atomic mass is 9.69. The Morgan fingerprint density at radius 3 is 2.38 bits per heavy atom. The lowest BCUT2D eigenvalue weighted by Crippen LogP contribution is -2.32. The van der Waals surface area contributed by atoms with Gasteiger partial charge in [-0.15, -0.1) is 0 Å². The Balaban J connectivity index is 1.81. The fraction of sp³-hybridized carbons (Fsp3) is 0.600. The van der Waals surface area contributed by atoms with Crippen molar-refractivity contribution in [3.8, 4) is 0 Å². The number of hydrogen-bond donors (Lipinski definition) is 0. The molecule has 0 nitrogen and oxygen atoms in total. The van der Waals surface area contributed by atoms with E-state index in [4.69, 9.17) is 0 Å². The van der Waals surface area contributed by atoms with Gasteiger partial charge in [0.25, 0.3) is 0 Å². The summed E-state index contributed by atoms with van der Waals surface area (Å²) in [5.41, 5.74) is 3.26. The van der Waals surface area contributed by atoms with Crippen molar-refractivity contribution in [3.63, 3.8) is 0 Å².